The van der Waals surface area contributed by atoms with Crippen molar-refractivity contribution in [3.05, 3.63) is 92.5 Å². The summed E-state index contributed by atoms with van der Waals surface area (Å²) in [6, 6.07) is 23.0. The Morgan fingerprint density at radius 3 is 2.31 bits per heavy atom. The molecule has 6 heteroatoms. The molecule has 0 aromatic heterocycles. The molecule has 0 aliphatic carbocycles. The van der Waals surface area contributed by atoms with E-state index in [1.807, 2.05) is 66.7 Å². The standard InChI is InChI=1S/C20H14ClIN2OS/c21-16-6-10-19(11-7-16)26-18-8-4-14(5-9-18)13-23-24-20(25)15-2-1-3-17(22)12-15/h1-13H,(H,24,25)/b23-13-. The molecular weight excluding hydrogens is 479 g/mol. The minimum Gasteiger partial charge on any atom is -0.267 e. The first-order valence-electron chi connectivity index (χ1n) is 7.72. The molecular formula is C20H14ClIN2OS. The highest BCUT2D eigenvalue weighted by atomic mass is 127. The van der Waals surface area contributed by atoms with E-state index in [0.29, 0.717) is 5.56 Å². The van der Waals surface area contributed by atoms with Gasteiger partial charge in [0.1, 0.15) is 0 Å². The average Bonchev–Trinajstić information content (AvgIpc) is 2.65. The normalized spacial score (nSPS) is 10.8. The second-order valence-corrected chi connectivity index (χ2v) is 8.16. The molecule has 0 atom stereocenters. The van der Waals surface area contributed by atoms with E-state index in [9.17, 15) is 4.79 Å². The number of carbonyl (C=O) groups excluding carboxylic acids is 1. The third-order valence-corrected chi connectivity index (χ3v) is 5.33. The molecule has 3 rings (SSSR count). The molecule has 3 nitrogen and oxygen atoms in total. The zero-order chi connectivity index (χ0) is 18.4. The third kappa shape index (κ3) is 5.59. The highest BCUT2D eigenvalue weighted by Crippen LogP contribution is 2.28. The molecule has 0 spiro atoms. The molecule has 0 heterocycles. The molecule has 3 aromatic carbocycles. The molecule has 26 heavy (non-hydrogen) atoms. The maximum absolute atomic E-state index is 12.0. The topological polar surface area (TPSA) is 41.5 Å². The number of hydrazone groups is 1. The molecule has 1 N–H and O–H groups in total. The van der Waals surface area contributed by atoms with Crippen molar-refractivity contribution >= 4 is 58.1 Å². The van der Waals surface area contributed by atoms with Crippen molar-refractivity contribution in [1.82, 2.24) is 5.43 Å². The Kier molecular flexibility index (Phi) is 6.71. The number of rotatable bonds is 5. The number of hydrogen-bond acceptors (Lipinski definition) is 3. The predicted molar refractivity (Wildman–Crippen MR) is 116 cm³/mol. The number of nitrogens with zero attached hydrogens (tertiary/aromatic N) is 1. The van der Waals surface area contributed by atoms with Crippen LogP contribution in [0.15, 0.2) is 87.7 Å². The monoisotopic (exact) mass is 492 g/mol. The average molecular weight is 493 g/mol. The van der Waals surface area contributed by atoms with Crippen molar-refractivity contribution in [3.63, 3.8) is 0 Å². The number of halogens is 2. The largest absolute Gasteiger partial charge is 0.271 e. The van der Waals surface area contributed by atoms with E-state index in [1.54, 1.807) is 24.0 Å². The van der Waals surface area contributed by atoms with Crippen LogP contribution in [-0.2, 0) is 0 Å². The number of hydrogen-bond donors (Lipinski definition) is 1. The quantitative estimate of drug-likeness (QED) is 0.275. The summed E-state index contributed by atoms with van der Waals surface area (Å²) in [6.45, 7) is 0. The van der Waals surface area contributed by atoms with Gasteiger partial charge in [0.15, 0.2) is 0 Å². The van der Waals surface area contributed by atoms with Crippen molar-refractivity contribution in [2.24, 2.45) is 5.10 Å². The van der Waals surface area contributed by atoms with E-state index in [0.717, 1.165) is 23.9 Å². The Morgan fingerprint density at radius 1 is 1.00 bits per heavy atom. The van der Waals surface area contributed by atoms with Gasteiger partial charge in [0.25, 0.3) is 5.91 Å². The van der Waals surface area contributed by atoms with Gasteiger partial charge >= 0.3 is 0 Å². The van der Waals surface area contributed by atoms with Crippen LogP contribution in [0.4, 0.5) is 0 Å². The van der Waals surface area contributed by atoms with Gasteiger partial charge in [0.05, 0.1) is 6.21 Å². The maximum atomic E-state index is 12.0. The predicted octanol–water partition coefficient (Wildman–Crippen LogP) is 5.86. The fourth-order valence-electron chi connectivity index (χ4n) is 2.12. The lowest BCUT2D eigenvalue weighted by atomic mass is 10.2. The van der Waals surface area contributed by atoms with Crippen LogP contribution in [0.3, 0.4) is 0 Å². The minimum atomic E-state index is -0.227. The van der Waals surface area contributed by atoms with E-state index in [-0.39, 0.29) is 5.91 Å². The zero-order valence-corrected chi connectivity index (χ0v) is 17.3. The van der Waals surface area contributed by atoms with Crippen molar-refractivity contribution in [1.29, 1.82) is 0 Å². The summed E-state index contributed by atoms with van der Waals surface area (Å²) < 4.78 is 1.01. The minimum absolute atomic E-state index is 0.227. The third-order valence-electron chi connectivity index (χ3n) is 3.40. The smallest absolute Gasteiger partial charge is 0.267 e. The Balaban J connectivity index is 1.57. The van der Waals surface area contributed by atoms with Gasteiger partial charge in [0.2, 0.25) is 0 Å². The summed E-state index contributed by atoms with van der Waals surface area (Å²) in [4.78, 5) is 14.3. The second kappa shape index (κ2) is 9.21. The molecule has 0 aliphatic rings. The summed E-state index contributed by atoms with van der Waals surface area (Å²) in [5.41, 5.74) is 4.04. The van der Waals surface area contributed by atoms with Crippen LogP contribution < -0.4 is 5.43 Å². The van der Waals surface area contributed by atoms with Crippen LogP contribution >= 0.6 is 46.0 Å². The number of benzene rings is 3. The molecule has 0 saturated carbocycles. The fraction of sp³-hybridized carbons (Fsp3) is 0. The highest BCUT2D eigenvalue weighted by Gasteiger charge is 2.03. The summed E-state index contributed by atoms with van der Waals surface area (Å²) in [5.74, 6) is -0.227. The van der Waals surface area contributed by atoms with Crippen molar-refractivity contribution in [2.45, 2.75) is 9.79 Å². The Labute approximate surface area is 175 Å². The molecule has 0 aliphatic heterocycles. The van der Waals surface area contributed by atoms with Crippen molar-refractivity contribution in [3.8, 4) is 0 Å². The fourth-order valence-corrected chi connectivity index (χ4v) is 3.61. The van der Waals surface area contributed by atoms with Crippen LogP contribution in [0.2, 0.25) is 5.02 Å². The first-order valence-corrected chi connectivity index (χ1v) is 10.00. The highest BCUT2D eigenvalue weighted by molar-refractivity contribution is 14.1. The SMILES string of the molecule is O=C(N/N=C\c1ccc(Sc2ccc(Cl)cc2)cc1)c1cccc(I)c1. The molecule has 1 amide bonds. The van der Waals surface area contributed by atoms with Gasteiger partial charge in [0, 0.05) is 23.9 Å². The van der Waals surface area contributed by atoms with Crippen LogP contribution in [-0.4, -0.2) is 12.1 Å². The van der Waals surface area contributed by atoms with Gasteiger partial charge in [-0.2, -0.15) is 5.10 Å². The lowest BCUT2D eigenvalue weighted by Crippen LogP contribution is -2.17. The maximum Gasteiger partial charge on any atom is 0.271 e. The van der Waals surface area contributed by atoms with Crippen molar-refractivity contribution < 1.29 is 4.79 Å². The number of nitrogens with one attached hydrogen (secondary N) is 1. The first-order chi connectivity index (χ1) is 12.6. The van der Waals surface area contributed by atoms with E-state index in [4.69, 9.17) is 11.6 Å². The molecule has 0 fully saturated rings. The lowest BCUT2D eigenvalue weighted by molar-refractivity contribution is 0.0955. The summed E-state index contributed by atoms with van der Waals surface area (Å²) in [6.07, 6.45) is 1.63. The van der Waals surface area contributed by atoms with Gasteiger partial charge in [-0.3, -0.25) is 4.79 Å². The van der Waals surface area contributed by atoms with Crippen LogP contribution in [0.25, 0.3) is 0 Å². The van der Waals surface area contributed by atoms with Gasteiger partial charge in [-0.1, -0.05) is 41.6 Å². The number of carbonyl (C=O) groups is 1. The van der Waals surface area contributed by atoms with E-state index in [1.165, 1.54) is 0 Å². The Hall–Kier alpha value is -1.83. The van der Waals surface area contributed by atoms with Gasteiger partial charge in [-0.05, 0) is 82.8 Å². The molecule has 0 saturated heterocycles. The first kappa shape index (κ1) is 18.9. The van der Waals surface area contributed by atoms with Gasteiger partial charge in [-0.25, -0.2) is 5.43 Å². The van der Waals surface area contributed by atoms with E-state index >= 15 is 0 Å². The van der Waals surface area contributed by atoms with Crippen molar-refractivity contribution in [2.75, 3.05) is 0 Å². The molecule has 0 bridgehead atoms. The Bertz CT molecular complexity index is 927. The molecule has 0 radical (unpaired) electrons. The summed E-state index contributed by atoms with van der Waals surface area (Å²) in [5, 5.41) is 4.75. The summed E-state index contributed by atoms with van der Waals surface area (Å²) in [7, 11) is 0. The second-order valence-electron chi connectivity index (χ2n) is 5.33. The Morgan fingerprint density at radius 2 is 1.65 bits per heavy atom. The molecule has 0 unspecified atom stereocenters. The van der Waals surface area contributed by atoms with Gasteiger partial charge in [-0.15, -0.1) is 0 Å². The zero-order valence-electron chi connectivity index (χ0n) is 13.5. The van der Waals surface area contributed by atoms with Crippen LogP contribution in [0.5, 0.6) is 0 Å². The van der Waals surface area contributed by atoms with Crippen LogP contribution in [0, 0.1) is 3.57 Å². The van der Waals surface area contributed by atoms with Crippen LogP contribution in [0.1, 0.15) is 15.9 Å². The summed E-state index contributed by atoms with van der Waals surface area (Å²) >= 11 is 9.73. The van der Waals surface area contributed by atoms with Gasteiger partial charge < -0.3 is 0 Å². The number of amides is 1. The lowest BCUT2D eigenvalue weighted by Gasteiger charge is -2.03. The molecule has 130 valence electrons. The molecule has 3 aromatic rings. The van der Waals surface area contributed by atoms with E-state index < -0.39 is 0 Å². The van der Waals surface area contributed by atoms with E-state index in [2.05, 4.69) is 33.1 Å².